The molecule has 78 valence electrons. The van der Waals surface area contributed by atoms with E-state index < -0.39 is 17.7 Å². The summed E-state index contributed by atoms with van der Waals surface area (Å²) in [6.45, 7) is -0.128. The molecule has 5 heteroatoms. The van der Waals surface area contributed by atoms with E-state index in [0.29, 0.717) is 5.56 Å². The van der Waals surface area contributed by atoms with Crippen LogP contribution in [0.1, 0.15) is 18.0 Å². The Morgan fingerprint density at radius 1 is 1.43 bits per heavy atom. The lowest BCUT2D eigenvalue weighted by molar-refractivity contribution is 0.276. The summed E-state index contributed by atoms with van der Waals surface area (Å²) in [4.78, 5) is 0. The molecule has 0 aromatic heterocycles. The molecule has 3 N–H and O–H groups in total. The molecule has 1 rings (SSSR count). The molecule has 1 aromatic carbocycles. The van der Waals surface area contributed by atoms with Gasteiger partial charge in [0.15, 0.2) is 11.6 Å². The van der Waals surface area contributed by atoms with Crippen molar-refractivity contribution in [3.05, 3.63) is 34.4 Å². The Balaban J connectivity index is 3.04. The predicted octanol–water partition coefficient (Wildman–Crippen LogP) is 2.00. The molecule has 0 heterocycles. The maximum Gasteiger partial charge on any atom is 0.177 e. The number of hydrogen-bond acceptors (Lipinski definition) is 2. The van der Waals surface area contributed by atoms with Crippen LogP contribution in [0, 0.1) is 11.6 Å². The van der Waals surface area contributed by atoms with Gasteiger partial charge < -0.3 is 10.8 Å². The van der Waals surface area contributed by atoms with E-state index in [1.165, 1.54) is 6.07 Å². The van der Waals surface area contributed by atoms with Crippen LogP contribution in [0.4, 0.5) is 8.78 Å². The molecule has 0 aliphatic carbocycles. The van der Waals surface area contributed by atoms with Crippen molar-refractivity contribution in [3.8, 4) is 0 Å². The summed E-state index contributed by atoms with van der Waals surface area (Å²) in [5.74, 6) is -2.10. The van der Waals surface area contributed by atoms with Crippen LogP contribution in [0.2, 0.25) is 5.02 Å². The Morgan fingerprint density at radius 2 is 2.07 bits per heavy atom. The number of hydrogen-bond donors (Lipinski definition) is 2. The first-order chi connectivity index (χ1) is 6.57. The van der Waals surface area contributed by atoms with Gasteiger partial charge in [-0.2, -0.15) is 0 Å². The lowest BCUT2D eigenvalue weighted by Crippen LogP contribution is -2.13. The summed E-state index contributed by atoms with van der Waals surface area (Å²) in [7, 11) is 0. The second-order valence-electron chi connectivity index (χ2n) is 2.88. The first kappa shape index (κ1) is 11.4. The minimum Gasteiger partial charge on any atom is -0.396 e. The third-order valence-corrected chi connectivity index (χ3v) is 2.29. The average molecular weight is 222 g/mol. The van der Waals surface area contributed by atoms with Crippen molar-refractivity contribution in [2.45, 2.75) is 12.5 Å². The van der Waals surface area contributed by atoms with Gasteiger partial charge in [0.2, 0.25) is 0 Å². The summed E-state index contributed by atoms with van der Waals surface area (Å²) in [6, 6.07) is 1.71. The third kappa shape index (κ3) is 2.20. The lowest BCUT2D eigenvalue weighted by atomic mass is 10.0. The average Bonchev–Trinajstić information content (AvgIpc) is 2.15. The monoisotopic (exact) mass is 221 g/mol. The van der Waals surface area contributed by atoms with E-state index in [2.05, 4.69) is 0 Å². The predicted molar refractivity (Wildman–Crippen MR) is 50.0 cm³/mol. The van der Waals surface area contributed by atoms with Crippen LogP contribution in [-0.2, 0) is 0 Å². The summed E-state index contributed by atoms with van der Waals surface area (Å²) in [6.07, 6.45) is 0.255. The van der Waals surface area contributed by atoms with Crippen molar-refractivity contribution in [2.75, 3.05) is 6.61 Å². The van der Waals surface area contributed by atoms with E-state index in [1.54, 1.807) is 0 Å². The Bertz CT molecular complexity index is 333. The molecule has 14 heavy (non-hydrogen) atoms. The Kier molecular flexibility index (Phi) is 3.80. The fraction of sp³-hybridized carbons (Fsp3) is 0.333. The topological polar surface area (TPSA) is 46.2 Å². The zero-order chi connectivity index (χ0) is 10.7. The van der Waals surface area contributed by atoms with Crippen molar-refractivity contribution in [1.29, 1.82) is 0 Å². The molecular weight excluding hydrogens is 212 g/mol. The first-order valence-corrected chi connectivity index (χ1v) is 4.45. The van der Waals surface area contributed by atoms with Crippen molar-refractivity contribution in [2.24, 2.45) is 5.73 Å². The van der Waals surface area contributed by atoms with Gasteiger partial charge in [0.1, 0.15) is 0 Å². The standard InChI is InChI=1S/C9H10ClF2NO/c10-8-5(7(13)3-4-14)1-2-6(11)9(8)12/h1-2,7,14H,3-4,13H2. The molecule has 1 unspecified atom stereocenters. The normalized spacial score (nSPS) is 12.9. The van der Waals surface area contributed by atoms with Crippen molar-refractivity contribution < 1.29 is 13.9 Å². The van der Waals surface area contributed by atoms with Gasteiger partial charge in [-0.1, -0.05) is 17.7 Å². The number of aliphatic hydroxyl groups excluding tert-OH is 1. The quantitative estimate of drug-likeness (QED) is 0.767. The lowest BCUT2D eigenvalue weighted by Gasteiger charge is -2.12. The van der Waals surface area contributed by atoms with Gasteiger partial charge >= 0.3 is 0 Å². The largest absolute Gasteiger partial charge is 0.396 e. The van der Waals surface area contributed by atoms with Gasteiger partial charge in [0.05, 0.1) is 5.02 Å². The van der Waals surface area contributed by atoms with Crippen LogP contribution in [0.3, 0.4) is 0 Å². The van der Waals surface area contributed by atoms with Crippen molar-refractivity contribution >= 4 is 11.6 Å². The van der Waals surface area contributed by atoms with Gasteiger partial charge in [0, 0.05) is 12.6 Å². The minimum atomic E-state index is -1.10. The van der Waals surface area contributed by atoms with Crippen LogP contribution in [0.5, 0.6) is 0 Å². The van der Waals surface area contributed by atoms with Crippen molar-refractivity contribution in [3.63, 3.8) is 0 Å². The number of aliphatic hydroxyl groups is 1. The summed E-state index contributed by atoms with van der Waals surface area (Å²) >= 11 is 5.55. The molecule has 1 aromatic rings. The molecule has 0 amide bonds. The van der Waals surface area contributed by atoms with Crippen LogP contribution >= 0.6 is 11.6 Å². The van der Waals surface area contributed by atoms with Gasteiger partial charge in [-0.05, 0) is 18.1 Å². The summed E-state index contributed by atoms with van der Waals surface area (Å²) < 4.78 is 25.6. The van der Waals surface area contributed by atoms with E-state index in [4.69, 9.17) is 22.4 Å². The summed E-state index contributed by atoms with van der Waals surface area (Å²) in [5.41, 5.74) is 5.90. The minimum absolute atomic E-state index is 0.128. The maximum atomic E-state index is 13.0. The van der Waals surface area contributed by atoms with Gasteiger partial charge in [-0.3, -0.25) is 0 Å². The van der Waals surface area contributed by atoms with Gasteiger partial charge in [-0.15, -0.1) is 0 Å². The molecule has 0 fully saturated rings. The van der Waals surface area contributed by atoms with E-state index in [0.717, 1.165) is 6.07 Å². The van der Waals surface area contributed by atoms with E-state index in [1.807, 2.05) is 0 Å². The zero-order valence-electron chi connectivity index (χ0n) is 7.30. The number of halogens is 3. The molecular formula is C9H10ClF2NO. The molecule has 0 bridgehead atoms. The first-order valence-electron chi connectivity index (χ1n) is 4.07. The summed E-state index contributed by atoms with van der Waals surface area (Å²) in [5, 5.41) is 8.31. The number of benzene rings is 1. The van der Waals surface area contributed by atoms with E-state index in [9.17, 15) is 8.78 Å². The Hall–Kier alpha value is -0.710. The highest BCUT2D eigenvalue weighted by Gasteiger charge is 2.15. The second-order valence-corrected chi connectivity index (χ2v) is 3.26. The SMILES string of the molecule is NC(CCO)c1ccc(F)c(F)c1Cl. The maximum absolute atomic E-state index is 13.0. The molecule has 0 saturated heterocycles. The molecule has 1 atom stereocenters. The fourth-order valence-electron chi connectivity index (χ4n) is 1.12. The molecule has 0 spiro atoms. The van der Waals surface area contributed by atoms with Crippen LogP contribution in [-0.4, -0.2) is 11.7 Å². The van der Waals surface area contributed by atoms with Crippen LogP contribution in [0.15, 0.2) is 12.1 Å². The van der Waals surface area contributed by atoms with Crippen LogP contribution in [0.25, 0.3) is 0 Å². The van der Waals surface area contributed by atoms with Crippen molar-refractivity contribution in [1.82, 2.24) is 0 Å². The second kappa shape index (κ2) is 4.68. The molecule has 0 aliphatic rings. The fourth-order valence-corrected chi connectivity index (χ4v) is 1.42. The van der Waals surface area contributed by atoms with Gasteiger partial charge in [-0.25, -0.2) is 8.78 Å². The van der Waals surface area contributed by atoms with Gasteiger partial charge in [0.25, 0.3) is 0 Å². The molecule has 0 radical (unpaired) electrons. The zero-order valence-corrected chi connectivity index (χ0v) is 8.06. The molecule has 0 saturated carbocycles. The highest BCUT2D eigenvalue weighted by molar-refractivity contribution is 6.31. The molecule has 2 nitrogen and oxygen atoms in total. The number of nitrogens with two attached hydrogens (primary N) is 1. The third-order valence-electron chi connectivity index (χ3n) is 1.90. The smallest absolute Gasteiger partial charge is 0.177 e. The Morgan fingerprint density at radius 3 is 2.64 bits per heavy atom. The van der Waals surface area contributed by atoms with E-state index in [-0.39, 0.29) is 18.1 Å². The Labute approximate surface area is 85.3 Å². The molecule has 0 aliphatic heterocycles. The van der Waals surface area contributed by atoms with E-state index >= 15 is 0 Å². The number of rotatable bonds is 3. The van der Waals surface area contributed by atoms with Crippen LogP contribution < -0.4 is 5.73 Å². The highest BCUT2D eigenvalue weighted by Crippen LogP contribution is 2.27. The highest BCUT2D eigenvalue weighted by atomic mass is 35.5.